The number of hydrogen-bond donors (Lipinski definition) is 2. The third-order valence-electron chi connectivity index (χ3n) is 4.80. The predicted molar refractivity (Wildman–Crippen MR) is 113 cm³/mol. The lowest BCUT2D eigenvalue weighted by molar-refractivity contribution is -0.153. The highest BCUT2D eigenvalue weighted by atomic mass is 16.8. The zero-order valence-corrected chi connectivity index (χ0v) is 19.7. The van der Waals surface area contributed by atoms with E-state index in [0.29, 0.717) is 0 Å². The fourth-order valence-electron chi connectivity index (χ4n) is 3.37. The molecule has 0 saturated carbocycles. The monoisotopic (exact) mass is 472 g/mol. The summed E-state index contributed by atoms with van der Waals surface area (Å²) in [5.41, 5.74) is -0.700. The number of cyclic esters (lactones) is 2. The third-order valence-corrected chi connectivity index (χ3v) is 4.80. The maximum atomic E-state index is 12.3. The van der Waals surface area contributed by atoms with Crippen LogP contribution in [0, 0.1) is 5.92 Å². The van der Waals surface area contributed by atoms with E-state index < -0.39 is 48.2 Å². The smallest absolute Gasteiger partial charge is 0.480 e. The van der Waals surface area contributed by atoms with Crippen LogP contribution in [0.2, 0.25) is 0 Å². The van der Waals surface area contributed by atoms with Crippen molar-refractivity contribution in [1.29, 1.82) is 0 Å². The van der Waals surface area contributed by atoms with Crippen molar-refractivity contribution in [3.63, 3.8) is 0 Å². The van der Waals surface area contributed by atoms with Crippen LogP contribution in [0.4, 0.5) is 9.59 Å². The van der Waals surface area contributed by atoms with Crippen molar-refractivity contribution >= 4 is 24.1 Å². The van der Waals surface area contributed by atoms with Crippen molar-refractivity contribution < 1.29 is 47.9 Å². The molecule has 0 aromatic heterocycles. The van der Waals surface area contributed by atoms with Gasteiger partial charge in [0.1, 0.15) is 30.3 Å². The Morgan fingerprint density at radius 3 is 2.58 bits per heavy atom. The highest BCUT2D eigenvalue weighted by molar-refractivity contribution is 5.91. The molecule has 0 radical (unpaired) electrons. The van der Waals surface area contributed by atoms with Gasteiger partial charge >= 0.3 is 18.2 Å². The van der Waals surface area contributed by atoms with Crippen LogP contribution in [0.5, 0.6) is 0 Å². The number of amidine groups is 1. The molecule has 2 N–H and O–H groups in total. The summed E-state index contributed by atoms with van der Waals surface area (Å²) in [4.78, 5) is 39.7. The Bertz CT molecular complexity index is 788. The number of aliphatic imine (C=N–C) groups is 1. The number of nitrogens with one attached hydrogen (secondary N) is 1. The number of methoxy groups -OCH3 is 1. The molecular formula is C21H32N2O10. The van der Waals surface area contributed by atoms with Gasteiger partial charge in [-0.25, -0.2) is 14.4 Å². The van der Waals surface area contributed by atoms with E-state index >= 15 is 0 Å². The Kier molecular flexibility index (Phi) is 9.06. The van der Waals surface area contributed by atoms with Gasteiger partial charge in [-0.3, -0.25) is 0 Å². The molecule has 2 rings (SSSR count). The minimum atomic E-state index is -0.862. The first-order valence-electron chi connectivity index (χ1n) is 10.5. The summed E-state index contributed by atoms with van der Waals surface area (Å²) in [6.07, 6.45) is -2.58. The summed E-state index contributed by atoms with van der Waals surface area (Å²) in [5, 5.41) is 12.3. The quantitative estimate of drug-likeness (QED) is 0.239. The number of amides is 1. The second-order valence-electron chi connectivity index (χ2n) is 8.59. The molecule has 1 saturated heterocycles. The summed E-state index contributed by atoms with van der Waals surface area (Å²) in [6, 6.07) is -0.540. The largest absolute Gasteiger partial charge is 0.508 e. The lowest BCUT2D eigenvalue weighted by Crippen LogP contribution is -2.54. The van der Waals surface area contributed by atoms with E-state index in [1.165, 1.54) is 13.2 Å². The summed E-state index contributed by atoms with van der Waals surface area (Å²) in [5.74, 6) is -0.928. The molecule has 1 fully saturated rings. The molecule has 186 valence electrons. The molecule has 1 amide bonds. The molecule has 2 heterocycles. The summed E-state index contributed by atoms with van der Waals surface area (Å²) < 4.78 is 31.6. The molecular weight excluding hydrogens is 440 g/mol. The van der Waals surface area contributed by atoms with Crippen LogP contribution in [-0.4, -0.2) is 86.0 Å². The van der Waals surface area contributed by atoms with Crippen molar-refractivity contribution in [2.75, 3.05) is 26.9 Å². The van der Waals surface area contributed by atoms with Crippen LogP contribution in [0.15, 0.2) is 16.8 Å². The van der Waals surface area contributed by atoms with Crippen molar-refractivity contribution in [3.8, 4) is 0 Å². The second kappa shape index (κ2) is 11.3. The van der Waals surface area contributed by atoms with Crippen molar-refractivity contribution in [3.05, 3.63) is 11.8 Å². The molecule has 0 aromatic rings. The van der Waals surface area contributed by atoms with Crippen LogP contribution >= 0.6 is 0 Å². The number of hydrogen-bond acceptors (Lipinski definition) is 10. The molecule has 0 bridgehead atoms. The van der Waals surface area contributed by atoms with Gasteiger partial charge in [-0.05, 0) is 33.8 Å². The lowest BCUT2D eigenvalue weighted by atomic mass is 9.87. The van der Waals surface area contributed by atoms with Gasteiger partial charge in [-0.1, -0.05) is 6.92 Å². The van der Waals surface area contributed by atoms with E-state index in [9.17, 15) is 19.5 Å². The maximum Gasteiger partial charge on any atom is 0.508 e. The SMILES string of the molecule is COC(=O)C1=C[C@H](N/C(C)=N\C(=O)OC(C)(C)C)[C@@H](C)[C@H]([C@H](OCCO)[C@H]2COC(=O)O2)O1. The van der Waals surface area contributed by atoms with Gasteiger partial charge in [-0.15, -0.1) is 0 Å². The van der Waals surface area contributed by atoms with E-state index in [0.717, 1.165) is 0 Å². The standard InChI is InChI=1S/C21H32N2O10/c1-11-13(22-12(2)23-19(26)33-21(3,4)5)9-14(18(25)28-6)31-16(11)17(29-8-7-24)15-10-30-20(27)32-15/h9,11,13,15-17,24H,7-8,10H2,1-6H3,(H,22,23,26)/t11-,13+,15-,16-,17-/m1/s1. The Morgan fingerprint density at radius 1 is 1.33 bits per heavy atom. The molecule has 5 atom stereocenters. The van der Waals surface area contributed by atoms with Crippen LogP contribution < -0.4 is 5.32 Å². The Hall–Kier alpha value is -2.86. The highest BCUT2D eigenvalue weighted by Gasteiger charge is 2.46. The summed E-state index contributed by atoms with van der Waals surface area (Å²) >= 11 is 0. The number of aliphatic hydroxyl groups is 1. The number of carbonyl (C=O) groups is 3. The van der Waals surface area contributed by atoms with Crippen molar-refractivity contribution in [1.82, 2.24) is 5.32 Å². The van der Waals surface area contributed by atoms with Gasteiger partial charge in [0.05, 0.1) is 26.4 Å². The minimum absolute atomic E-state index is 0.0558. The van der Waals surface area contributed by atoms with Crippen LogP contribution in [-0.2, 0) is 33.2 Å². The first-order chi connectivity index (χ1) is 15.4. The van der Waals surface area contributed by atoms with E-state index in [2.05, 4.69) is 10.3 Å². The van der Waals surface area contributed by atoms with Gasteiger partial charge in [0.25, 0.3) is 0 Å². The van der Waals surface area contributed by atoms with E-state index in [4.69, 9.17) is 28.4 Å². The first kappa shape index (κ1) is 26.4. The molecule has 0 aliphatic carbocycles. The normalized spacial score (nSPS) is 26.3. The van der Waals surface area contributed by atoms with Gasteiger partial charge in [0.2, 0.25) is 5.76 Å². The molecule has 0 aromatic carbocycles. The number of carbonyl (C=O) groups excluding carboxylic acids is 3. The first-order valence-corrected chi connectivity index (χ1v) is 10.5. The summed E-state index contributed by atoms with van der Waals surface area (Å²) in [6.45, 7) is 8.18. The predicted octanol–water partition coefficient (Wildman–Crippen LogP) is 1.30. The van der Waals surface area contributed by atoms with Crippen molar-refractivity contribution in [2.24, 2.45) is 10.9 Å². The Morgan fingerprint density at radius 2 is 2.03 bits per heavy atom. The van der Waals surface area contributed by atoms with Crippen LogP contribution in [0.3, 0.4) is 0 Å². The van der Waals surface area contributed by atoms with E-state index in [-0.39, 0.29) is 37.3 Å². The molecule has 2 aliphatic heterocycles. The van der Waals surface area contributed by atoms with Gasteiger partial charge in [0.15, 0.2) is 6.10 Å². The highest BCUT2D eigenvalue weighted by Crippen LogP contribution is 2.31. The van der Waals surface area contributed by atoms with Crippen molar-refractivity contribution in [2.45, 2.75) is 64.6 Å². The van der Waals surface area contributed by atoms with Crippen LogP contribution in [0.25, 0.3) is 0 Å². The van der Waals surface area contributed by atoms with Gasteiger partial charge < -0.3 is 38.8 Å². The number of esters is 1. The zero-order valence-electron chi connectivity index (χ0n) is 19.7. The Labute approximate surface area is 192 Å². The average molecular weight is 472 g/mol. The molecule has 0 unspecified atom stereocenters. The average Bonchev–Trinajstić information content (AvgIpc) is 3.14. The number of aliphatic hydroxyl groups excluding tert-OH is 1. The topological polar surface area (TPSA) is 151 Å². The van der Waals surface area contributed by atoms with Gasteiger partial charge in [-0.2, -0.15) is 4.99 Å². The maximum absolute atomic E-state index is 12.3. The fraction of sp³-hybridized carbons (Fsp3) is 0.714. The molecule has 12 heteroatoms. The second-order valence-corrected chi connectivity index (χ2v) is 8.59. The number of ether oxygens (including phenoxy) is 6. The van der Waals surface area contributed by atoms with Crippen LogP contribution in [0.1, 0.15) is 34.6 Å². The molecule has 0 spiro atoms. The van der Waals surface area contributed by atoms with E-state index in [1.807, 2.05) is 6.92 Å². The molecule has 2 aliphatic rings. The lowest BCUT2D eigenvalue weighted by Gasteiger charge is -2.40. The number of rotatable bonds is 7. The summed E-state index contributed by atoms with van der Waals surface area (Å²) in [7, 11) is 1.21. The third kappa shape index (κ3) is 7.60. The number of nitrogens with zero attached hydrogens (tertiary/aromatic N) is 1. The van der Waals surface area contributed by atoms with E-state index in [1.54, 1.807) is 27.7 Å². The Balaban J connectivity index is 2.29. The molecule has 12 nitrogen and oxygen atoms in total. The zero-order chi connectivity index (χ0) is 24.8. The van der Waals surface area contributed by atoms with Gasteiger partial charge in [0, 0.05) is 5.92 Å². The minimum Gasteiger partial charge on any atom is -0.480 e. The molecule has 33 heavy (non-hydrogen) atoms. The fourth-order valence-corrected chi connectivity index (χ4v) is 3.37.